The molecule has 0 saturated carbocycles. The fourth-order valence-corrected chi connectivity index (χ4v) is 9.64. The molecule has 0 spiro atoms. The number of carbonyl (C=O) groups excluding carboxylic acids is 2. The smallest absolute Gasteiger partial charge is 0.407 e. The van der Waals surface area contributed by atoms with Gasteiger partial charge >= 0.3 is 6.09 Å². The van der Waals surface area contributed by atoms with Crippen molar-refractivity contribution in [1.82, 2.24) is 14.9 Å². The molecule has 2 bridgehead atoms. The van der Waals surface area contributed by atoms with E-state index in [1.54, 1.807) is 22.5 Å². The van der Waals surface area contributed by atoms with Crippen LogP contribution in [0.25, 0.3) is 0 Å². The molecule has 0 radical (unpaired) electrons. The Kier molecular flexibility index (Phi) is 13.3. The van der Waals surface area contributed by atoms with Crippen LogP contribution in [0.5, 0.6) is 0 Å². The van der Waals surface area contributed by atoms with E-state index >= 15 is 4.39 Å². The van der Waals surface area contributed by atoms with E-state index < -0.39 is 39.8 Å². The van der Waals surface area contributed by atoms with Gasteiger partial charge in [-0.25, -0.2) is 17.6 Å². The van der Waals surface area contributed by atoms with Gasteiger partial charge < -0.3 is 25.4 Å². The van der Waals surface area contributed by atoms with E-state index in [1.165, 1.54) is 19.2 Å². The first-order valence-electron chi connectivity index (χ1n) is 17.6. The molecule has 49 heavy (non-hydrogen) atoms. The molecule has 0 aliphatic carbocycles. The molecule has 7 unspecified atom stereocenters. The van der Waals surface area contributed by atoms with Gasteiger partial charge in [-0.3, -0.25) is 4.79 Å². The highest BCUT2D eigenvalue weighted by Crippen LogP contribution is 2.33. The second-order valence-electron chi connectivity index (χ2n) is 13.5. The molecule has 13 heteroatoms. The number of benzene rings is 2. The van der Waals surface area contributed by atoms with Gasteiger partial charge in [0.15, 0.2) is 0 Å². The number of rotatable bonds is 12. The Morgan fingerprint density at radius 3 is 2.63 bits per heavy atom. The lowest BCUT2D eigenvalue weighted by atomic mass is 9.85. The molecular weight excluding hydrogens is 671 g/mol. The topological polar surface area (TPSA) is 126 Å². The molecule has 0 aromatic heterocycles. The maximum Gasteiger partial charge on any atom is 0.407 e. The van der Waals surface area contributed by atoms with Crippen molar-refractivity contribution in [3.05, 3.63) is 64.4 Å². The van der Waals surface area contributed by atoms with Crippen LogP contribution in [0.3, 0.4) is 0 Å². The Morgan fingerprint density at radius 2 is 1.92 bits per heavy atom. The zero-order valence-corrected chi connectivity index (χ0v) is 30.0. The molecule has 10 nitrogen and oxygen atoms in total. The van der Waals surface area contributed by atoms with Gasteiger partial charge in [-0.05, 0) is 100 Å². The van der Waals surface area contributed by atoms with Crippen molar-refractivity contribution in [2.45, 2.75) is 101 Å². The zero-order valence-electron chi connectivity index (χ0n) is 28.5. The van der Waals surface area contributed by atoms with Crippen LogP contribution in [-0.4, -0.2) is 81.5 Å². The average Bonchev–Trinajstić information content (AvgIpc) is 3.37. The predicted octanol–water partition coefficient (Wildman–Crippen LogP) is 6.00. The molecule has 7 atom stereocenters. The number of nitrogens with zero attached hydrogens (tertiary/aromatic N) is 1. The molecular formula is C36H50ClFN4O6S. The van der Waals surface area contributed by atoms with Gasteiger partial charge in [0.1, 0.15) is 11.9 Å². The summed E-state index contributed by atoms with van der Waals surface area (Å²) in [4.78, 5) is 26.9. The number of sulfonamides is 1. The third kappa shape index (κ3) is 9.72. The molecule has 2 aromatic rings. The number of hydrogen-bond donors (Lipinski definition) is 3. The van der Waals surface area contributed by atoms with Crippen LogP contribution in [0.4, 0.5) is 14.9 Å². The molecule has 3 heterocycles. The van der Waals surface area contributed by atoms with Gasteiger partial charge in [0.25, 0.3) is 0 Å². The van der Waals surface area contributed by atoms with Crippen LogP contribution in [0, 0.1) is 11.7 Å². The van der Waals surface area contributed by atoms with Gasteiger partial charge in [-0.1, -0.05) is 43.1 Å². The van der Waals surface area contributed by atoms with Crippen molar-refractivity contribution in [3.8, 4) is 0 Å². The number of alkyl carbamates (subject to hydrolysis) is 1. The van der Waals surface area contributed by atoms with Crippen molar-refractivity contribution >= 4 is 39.3 Å². The summed E-state index contributed by atoms with van der Waals surface area (Å²) >= 11 is 6.20. The van der Waals surface area contributed by atoms with Crippen LogP contribution in [0.2, 0.25) is 5.02 Å². The van der Waals surface area contributed by atoms with Crippen LogP contribution in [0.15, 0.2) is 42.5 Å². The average molecular weight is 721 g/mol. The summed E-state index contributed by atoms with van der Waals surface area (Å²) in [7, 11) is -2.23. The maximum atomic E-state index is 15.6. The number of nitrogens with one attached hydrogen (secondary N) is 3. The van der Waals surface area contributed by atoms with Crippen LogP contribution in [0.1, 0.15) is 81.8 Å². The normalized spacial score (nSPS) is 26.4. The first-order chi connectivity index (χ1) is 23.6. The third-order valence-corrected chi connectivity index (χ3v) is 12.6. The maximum absolute atomic E-state index is 15.6. The molecule has 3 saturated heterocycles. The Bertz CT molecular complexity index is 1520. The van der Waals surface area contributed by atoms with E-state index in [9.17, 15) is 18.0 Å². The fourth-order valence-electron chi connectivity index (χ4n) is 7.65. The summed E-state index contributed by atoms with van der Waals surface area (Å²) in [5, 5.41) is 9.78. The molecule has 3 N–H and O–H groups in total. The Balaban J connectivity index is 1.40. The van der Waals surface area contributed by atoms with Crippen molar-refractivity contribution in [2.75, 3.05) is 37.9 Å². The molecule has 2 amide bonds. The van der Waals surface area contributed by atoms with Crippen LogP contribution < -0.4 is 16.0 Å². The van der Waals surface area contributed by atoms with Crippen molar-refractivity contribution in [1.29, 1.82) is 0 Å². The lowest BCUT2D eigenvalue weighted by Crippen LogP contribution is -2.48. The van der Waals surface area contributed by atoms with Gasteiger partial charge in [0, 0.05) is 47.4 Å². The number of anilines is 1. The molecule has 2 aromatic carbocycles. The summed E-state index contributed by atoms with van der Waals surface area (Å²) in [6.07, 6.45) is 6.31. The van der Waals surface area contributed by atoms with E-state index in [2.05, 4.69) is 22.9 Å². The Labute approximate surface area is 294 Å². The second kappa shape index (κ2) is 17.4. The zero-order chi connectivity index (χ0) is 35.0. The van der Waals surface area contributed by atoms with E-state index in [4.69, 9.17) is 21.1 Å². The molecule has 270 valence electrons. The number of fused-ring (bicyclic) bond motifs is 2. The standard InChI is InChI=1S/C36H50ClFN4O6S/c1-3-24-22-39-27-8-7-21-49(45,46)42(23-27)33(24)19-18-30-31(38)10-6-11-32(30)40-35(43)34(41-36(44)47-2)29(25-12-14-26(37)15-13-25)17-16-28-9-4-5-20-48-28/h6,10-15,24,27-29,33-34,39H,3-5,7-9,16-23H2,1-2H3,(H,40,43)(H,41,44). The number of halogens is 2. The number of ether oxygens (including phenoxy) is 2. The fraction of sp³-hybridized carbons (Fsp3) is 0.611. The first-order valence-corrected chi connectivity index (χ1v) is 19.6. The third-order valence-electron chi connectivity index (χ3n) is 10.4. The van der Waals surface area contributed by atoms with Gasteiger partial charge in [-0.15, -0.1) is 0 Å². The molecule has 3 aliphatic rings. The van der Waals surface area contributed by atoms with Gasteiger partial charge in [0.2, 0.25) is 15.9 Å². The van der Waals surface area contributed by atoms with E-state index in [-0.39, 0.29) is 42.0 Å². The van der Waals surface area contributed by atoms with Crippen LogP contribution >= 0.6 is 11.6 Å². The highest BCUT2D eigenvalue weighted by Gasteiger charge is 2.40. The lowest BCUT2D eigenvalue weighted by molar-refractivity contribution is -0.118. The molecule has 3 fully saturated rings. The van der Waals surface area contributed by atoms with E-state index in [1.807, 2.05) is 12.1 Å². The Hall–Kier alpha value is -2.77. The van der Waals surface area contributed by atoms with E-state index in [0.29, 0.717) is 56.0 Å². The SMILES string of the molecule is CCC1CNC2CCCS(=O)(=O)N(C2)C1CCc1c(F)cccc1NC(=O)C(NC(=O)OC)C(CCC1CCCCO1)c1ccc(Cl)cc1. The minimum Gasteiger partial charge on any atom is -0.453 e. The second-order valence-corrected chi connectivity index (χ2v) is 16.0. The van der Waals surface area contributed by atoms with Crippen molar-refractivity contribution < 1.29 is 31.9 Å². The van der Waals surface area contributed by atoms with Gasteiger partial charge in [0.05, 0.1) is 19.0 Å². The van der Waals surface area contributed by atoms with Gasteiger partial charge in [-0.2, -0.15) is 4.31 Å². The highest BCUT2D eigenvalue weighted by molar-refractivity contribution is 7.89. The summed E-state index contributed by atoms with van der Waals surface area (Å²) < 4.78 is 54.9. The molecule has 5 rings (SSSR count). The quantitative estimate of drug-likeness (QED) is 0.246. The summed E-state index contributed by atoms with van der Waals surface area (Å²) in [5.41, 5.74) is 1.38. The molecule has 3 aliphatic heterocycles. The Morgan fingerprint density at radius 1 is 1.12 bits per heavy atom. The lowest BCUT2D eigenvalue weighted by Gasteiger charge is -2.33. The van der Waals surface area contributed by atoms with Crippen LogP contribution in [-0.2, 0) is 30.7 Å². The predicted molar refractivity (Wildman–Crippen MR) is 189 cm³/mol. The summed E-state index contributed by atoms with van der Waals surface area (Å²) in [6, 6.07) is 10.4. The summed E-state index contributed by atoms with van der Waals surface area (Å²) in [6.45, 7) is 3.85. The van der Waals surface area contributed by atoms with Crippen molar-refractivity contribution in [2.24, 2.45) is 5.92 Å². The summed E-state index contributed by atoms with van der Waals surface area (Å²) in [5.74, 6) is -1.32. The number of carbonyl (C=O) groups is 2. The number of amides is 2. The minimum atomic E-state index is -3.47. The number of methoxy groups -OCH3 is 1. The highest BCUT2D eigenvalue weighted by atomic mass is 35.5. The largest absolute Gasteiger partial charge is 0.453 e. The first kappa shape index (κ1) is 37.5. The van der Waals surface area contributed by atoms with Crippen molar-refractivity contribution in [3.63, 3.8) is 0 Å². The monoisotopic (exact) mass is 720 g/mol. The number of hydrogen-bond acceptors (Lipinski definition) is 7. The van der Waals surface area contributed by atoms with E-state index in [0.717, 1.165) is 37.7 Å². The minimum absolute atomic E-state index is 0.0506.